The van der Waals surface area contributed by atoms with E-state index in [0.29, 0.717) is 0 Å². The van der Waals surface area contributed by atoms with Crippen molar-refractivity contribution in [3.05, 3.63) is 29.6 Å². The van der Waals surface area contributed by atoms with E-state index >= 15 is 0 Å². The Morgan fingerprint density at radius 3 is 2.62 bits per heavy atom. The van der Waals surface area contributed by atoms with Crippen LogP contribution in [0.5, 0.6) is 0 Å². The molecule has 0 saturated heterocycles. The molecule has 0 aliphatic heterocycles. The minimum atomic E-state index is -4.40. The number of aromatic nitrogens is 1. The Morgan fingerprint density at radius 2 is 2.12 bits per heavy atom. The molecule has 0 spiro atoms. The molecule has 0 bridgehead atoms. The zero-order chi connectivity index (χ0) is 12.3. The lowest BCUT2D eigenvalue weighted by Crippen LogP contribution is -2.12. The van der Waals surface area contributed by atoms with Crippen molar-refractivity contribution in [2.24, 2.45) is 0 Å². The highest BCUT2D eigenvalue weighted by atomic mass is 19.4. The molecule has 1 rings (SSSR count). The monoisotopic (exact) mass is 231 g/mol. The average molecular weight is 231 g/mol. The molecule has 0 fully saturated rings. The number of ketones is 1. The topological polar surface area (TPSA) is 30.0 Å². The smallest absolute Gasteiger partial charge is 0.300 e. The molecule has 0 N–H and O–H groups in total. The van der Waals surface area contributed by atoms with Crippen molar-refractivity contribution in [3.8, 4) is 0 Å². The van der Waals surface area contributed by atoms with Gasteiger partial charge in [-0.15, -0.1) is 0 Å². The second-order valence-electron chi connectivity index (χ2n) is 3.77. The van der Waals surface area contributed by atoms with Crippen molar-refractivity contribution in [3.63, 3.8) is 0 Å². The SMILES string of the molecule is CC(=O)CC(C)c1cnccc1C(F)(F)F. The maximum atomic E-state index is 12.6. The highest BCUT2D eigenvalue weighted by Gasteiger charge is 2.34. The molecule has 0 aliphatic rings. The summed E-state index contributed by atoms with van der Waals surface area (Å²) in [5.74, 6) is -0.604. The fourth-order valence-electron chi connectivity index (χ4n) is 1.60. The number of nitrogens with zero attached hydrogens (tertiary/aromatic N) is 1. The Morgan fingerprint density at radius 1 is 1.50 bits per heavy atom. The zero-order valence-corrected chi connectivity index (χ0v) is 9.01. The average Bonchev–Trinajstić information content (AvgIpc) is 2.15. The first-order valence-corrected chi connectivity index (χ1v) is 4.83. The molecule has 0 amide bonds. The van der Waals surface area contributed by atoms with Gasteiger partial charge in [0, 0.05) is 18.8 Å². The van der Waals surface area contributed by atoms with Gasteiger partial charge in [0.2, 0.25) is 0 Å². The molecule has 1 heterocycles. The first-order valence-electron chi connectivity index (χ1n) is 4.83. The summed E-state index contributed by atoms with van der Waals surface area (Å²) in [5, 5.41) is 0. The number of alkyl halides is 3. The minimum absolute atomic E-state index is 0.0743. The van der Waals surface area contributed by atoms with Gasteiger partial charge in [-0.2, -0.15) is 13.2 Å². The lowest BCUT2D eigenvalue weighted by Gasteiger charge is -2.16. The van der Waals surface area contributed by atoms with Crippen molar-refractivity contribution >= 4 is 5.78 Å². The number of pyridine rings is 1. The van der Waals surface area contributed by atoms with Gasteiger partial charge in [-0.05, 0) is 24.5 Å². The summed E-state index contributed by atoms with van der Waals surface area (Å²) in [7, 11) is 0. The normalized spacial score (nSPS) is 13.6. The van der Waals surface area contributed by atoms with Crippen molar-refractivity contribution in [2.75, 3.05) is 0 Å². The summed E-state index contributed by atoms with van der Waals surface area (Å²) in [6, 6.07) is 0.936. The second kappa shape index (κ2) is 4.63. The van der Waals surface area contributed by atoms with Crippen LogP contribution in [-0.2, 0) is 11.0 Å². The predicted molar refractivity (Wildman–Crippen MR) is 53.0 cm³/mol. The first kappa shape index (κ1) is 12.7. The maximum Gasteiger partial charge on any atom is 0.416 e. The van der Waals surface area contributed by atoms with E-state index in [1.165, 1.54) is 13.1 Å². The Bertz CT molecular complexity index is 387. The summed E-state index contributed by atoms with van der Waals surface area (Å²) < 4.78 is 37.9. The van der Waals surface area contributed by atoms with Crippen LogP contribution in [0.1, 0.15) is 37.3 Å². The van der Waals surface area contributed by atoms with Crippen molar-refractivity contribution in [2.45, 2.75) is 32.4 Å². The summed E-state index contributed by atoms with van der Waals surface area (Å²) in [4.78, 5) is 14.6. The number of carbonyl (C=O) groups is 1. The van der Waals surface area contributed by atoms with Crippen LogP contribution < -0.4 is 0 Å². The van der Waals surface area contributed by atoms with E-state index in [1.54, 1.807) is 6.92 Å². The van der Waals surface area contributed by atoms with Crippen LogP contribution >= 0.6 is 0 Å². The van der Waals surface area contributed by atoms with E-state index in [2.05, 4.69) is 4.98 Å². The number of hydrogen-bond acceptors (Lipinski definition) is 2. The predicted octanol–water partition coefficient (Wildman–Crippen LogP) is 3.18. The quantitative estimate of drug-likeness (QED) is 0.799. The molecule has 88 valence electrons. The number of hydrogen-bond donors (Lipinski definition) is 0. The summed E-state index contributed by atoms with van der Waals surface area (Å²) >= 11 is 0. The third-order valence-corrected chi connectivity index (χ3v) is 2.28. The van der Waals surface area contributed by atoms with Crippen LogP contribution in [0.25, 0.3) is 0 Å². The van der Waals surface area contributed by atoms with Gasteiger partial charge in [0.25, 0.3) is 0 Å². The molecular formula is C11H12F3NO. The molecule has 0 radical (unpaired) electrons. The molecule has 0 saturated carbocycles. The largest absolute Gasteiger partial charge is 0.416 e. The van der Waals surface area contributed by atoms with Crippen LogP contribution in [0.3, 0.4) is 0 Å². The summed E-state index contributed by atoms with van der Waals surface area (Å²) in [6.45, 7) is 2.95. The highest BCUT2D eigenvalue weighted by Crippen LogP contribution is 2.35. The van der Waals surface area contributed by atoms with Gasteiger partial charge < -0.3 is 4.79 Å². The Hall–Kier alpha value is -1.39. The van der Waals surface area contributed by atoms with Crippen LogP contribution in [0.2, 0.25) is 0 Å². The van der Waals surface area contributed by atoms with Gasteiger partial charge in [-0.25, -0.2) is 0 Å². The molecule has 2 nitrogen and oxygen atoms in total. The van der Waals surface area contributed by atoms with E-state index in [9.17, 15) is 18.0 Å². The van der Waals surface area contributed by atoms with Crippen LogP contribution in [0.4, 0.5) is 13.2 Å². The fourth-order valence-corrected chi connectivity index (χ4v) is 1.60. The number of carbonyl (C=O) groups excluding carboxylic acids is 1. The molecule has 1 aromatic rings. The first-order chi connectivity index (χ1) is 7.32. The molecule has 16 heavy (non-hydrogen) atoms. The molecular weight excluding hydrogens is 219 g/mol. The minimum Gasteiger partial charge on any atom is -0.300 e. The Kier molecular flexibility index (Phi) is 3.67. The molecule has 0 aliphatic carbocycles. The van der Waals surface area contributed by atoms with Crippen molar-refractivity contribution in [1.82, 2.24) is 4.98 Å². The van der Waals surface area contributed by atoms with Gasteiger partial charge in [0.05, 0.1) is 5.56 Å². The van der Waals surface area contributed by atoms with Crippen molar-refractivity contribution in [1.29, 1.82) is 0 Å². The number of Topliss-reactive ketones (excluding diaryl/α,β-unsaturated/α-hetero) is 1. The summed E-state index contributed by atoms with van der Waals surface area (Å²) in [5.41, 5.74) is -0.638. The molecule has 1 aromatic heterocycles. The Balaban J connectivity index is 3.08. The summed E-state index contributed by atoms with van der Waals surface area (Å²) in [6.07, 6.45) is -2.03. The maximum absolute atomic E-state index is 12.6. The van der Waals surface area contributed by atoms with Crippen LogP contribution in [-0.4, -0.2) is 10.8 Å². The van der Waals surface area contributed by atoms with E-state index < -0.39 is 17.7 Å². The van der Waals surface area contributed by atoms with E-state index in [0.717, 1.165) is 12.3 Å². The lowest BCUT2D eigenvalue weighted by atomic mass is 9.93. The van der Waals surface area contributed by atoms with Crippen LogP contribution in [0, 0.1) is 0 Å². The fraction of sp³-hybridized carbons (Fsp3) is 0.455. The van der Waals surface area contributed by atoms with Gasteiger partial charge in [0.1, 0.15) is 5.78 Å². The third kappa shape index (κ3) is 3.05. The molecule has 1 atom stereocenters. The van der Waals surface area contributed by atoms with Gasteiger partial charge >= 0.3 is 6.18 Å². The second-order valence-corrected chi connectivity index (χ2v) is 3.77. The highest BCUT2D eigenvalue weighted by molar-refractivity contribution is 5.76. The Labute approximate surface area is 91.5 Å². The standard InChI is InChI=1S/C11H12F3NO/c1-7(5-8(2)16)9-6-15-4-3-10(9)11(12,13)14/h3-4,6-7H,5H2,1-2H3. The van der Waals surface area contributed by atoms with E-state index in [4.69, 9.17) is 0 Å². The number of rotatable bonds is 3. The van der Waals surface area contributed by atoms with Crippen molar-refractivity contribution < 1.29 is 18.0 Å². The number of halogens is 3. The van der Waals surface area contributed by atoms with Crippen LogP contribution in [0.15, 0.2) is 18.5 Å². The van der Waals surface area contributed by atoms with E-state index in [1.807, 2.05) is 0 Å². The van der Waals surface area contributed by atoms with Gasteiger partial charge in [-0.3, -0.25) is 4.98 Å². The molecule has 0 aromatic carbocycles. The zero-order valence-electron chi connectivity index (χ0n) is 9.01. The third-order valence-electron chi connectivity index (χ3n) is 2.28. The molecule has 1 unspecified atom stereocenters. The van der Waals surface area contributed by atoms with E-state index in [-0.39, 0.29) is 17.8 Å². The lowest BCUT2D eigenvalue weighted by molar-refractivity contribution is -0.138. The molecule has 5 heteroatoms. The van der Waals surface area contributed by atoms with Gasteiger partial charge in [0.15, 0.2) is 0 Å². The van der Waals surface area contributed by atoms with Gasteiger partial charge in [-0.1, -0.05) is 6.92 Å².